The lowest BCUT2D eigenvalue weighted by Crippen LogP contribution is -1.93. The van der Waals surface area contributed by atoms with Crippen molar-refractivity contribution in [3.05, 3.63) is 164 Å². The van der Waals surface area contributed by atoms with Crippen molar-refractivity contribution < 1.29 is 0 Å². The molecule has 0 atom stereocenters. The van der Waals surface area contributed by atoms with Gasteiger partial charge < -0.3 is 4.57 Å². The maximum absolute atomic E-state index is 2.42. The van der Waals surface area contributed by atoms with Crippen LogP contribution in [0, 0.1) is 0 Å². The molecule has 208 valence electrons. The minimum atomic E-state index is 1.18. The van der Waals surface area contributed by atoms with Gasteiger partial charge in [-0.15, -0.1) is 0 Å². The second-order valence-corrected chi connectivity index (χ2v) is 12.1. The summed E-state index contributed by atoms with van der Waals surface area (Å²) in [6.07, 6.45) is 0. The van der Waals surface area contributed by atoms with Gasteiger partial charge in [0, 0.05) is 16.5 Å². The maximum atomic E-state index is 2.42. The fraction of sp³-hybridized carbons (Fsp3) is 0. The van der Waals surface area contributed by atoms with E-state index in [2.05, 4.69) is 168 Å². The van der Waals surface area contributed by atoms with E-state index in [0.29, 0.717) is 0 Å². The van der Waals surface area contributed by atoms with Gasteiger partial charge in [0.25, 0.3) is 0 Å². The SMILES string of the molecule is c1cc(-c2ccc3ccc(-n4c5ccccc5c5ccccc54)cc3c2)c2cc3c4ccccc4c4ccccc4c3cc2c1. The normalized spacial score (nSPS) is 12.0. The highest BCUT2D eigenvalue weighted by Crippen LogP contribution is 2.40. The number of para-hydroxylation sites is 2. The van der Waals surface area contributed by atoms with Crippen molar-refractivity contribution in [3.8, 4) is 16.8 Å². The quantitative estimate of drug-likeness (QED) is 0.144. The third-order valence-corrected chi connectivity index (χ3v) is 9.72. The number of hydrogen-bond donors (Lipinski definition) is 0. The van der Waals surface area contributed by atoms with E-state index < -0.39 is 0 Å². The van der Waals surface area contributed by atoms with Crippen LogP contribution in [0.25, 0.3) is 92.5 Å². The van der Waals surface area contributed by atoms with E-state index in [4.69, 9.17) is 0 Å². The number of hydrogen-bond acceptors (Lipinski definition) is 0. The van der Waals surface area contributed by atoms with Crippen molar-refractivity contribution in [2.75, 3.05) is 0 Å². The molecule has 0 aliphatic carbocycles. The highest BCUT2D eigenvalue weighted by Gasteiger charge is 2.14. The molecule has 0 saturated carbocycles. The molecule has 0 spiro atoms. The van der Waals surface area contributed by atoms with Gasteiger partial charge in [0.2, 0.25) is 0 Å². The molecule has 10 aromatic rings. The molecule has 10 rings (SSSR count). The van der Waals surface area contributed by atoms with E-state index in [1.54, 1.807) is 0 Å². The van der Waals surface area contributed by atoms with E-state index in [-0.39, 0.29) is 0 Å². The van der Waals surface area contributed by atoms with Crippen molar-refractivity contribution >= 4 is 75.7 Å². The molecule has 45 heavy (non-hydrogen) atoms. The zero-order valence-corrected chi connectivity index (χ0v) is 24.5. The molecule has 0 aliphatic rings. The number of aromatic nitrogens is 1. The summed E-state index contributed by atoms with van der Waals surface area (Å²) in [4.78, 5) is 0. The third-order valence-electron chi connectivity index (χ3n) is 9.72. The van der Waals surface area contributed by atoms with Crippen LogP contribution >= 0.6 is 0 Å². The molecule has 0 unspecified atom stereocenters. The van der Waals surface area contributed by atoms with E-state index in [9.17, 15) is 0 Å². The summed E-state index contributed by atoms with van der Waals surface area (Å²) < 4.78 is 2.40. The van der Waals surface area contributed by atoms with Gasteiger partial charge in [-0.05, 0) is 107 Å². The third kappa shape index (κ3) is 3.56. The van der Waals surface area contributed by atoms with E-state index in [1.165, 1.54) is 92.5 Å². The second-order valence-electron chi connectivity index (χ2n) is 12.1. The molecule has 1 aromatic heterocycles. The number of benzene rings is 9. The monoisotopic (exact) mass is 569 g/mol. The number of fused-ring (bicyclic) bond motifs is 11. The lowest BCUT2D eigenvalue weighted by molar-refractivity contribution is 1.19. The van der Waals surface area contributed by atoms with Gasteiger partial charge in [-0.1, -0.05) is 121 Å². The van der Waals surface area contributed by atoms with Crippen molar-refractivity contribution in [2.45, 2.75) is 0 Å². The van der Waals surface area contributed by atoms with Crippen molar-refractivity contribution in [3.63, 3.8) is 0 Å². The summed E-state index contributed by atoms with van der Waals surface area (Å²) >= 11 is 0. The summed E-state index contributed by atoms with van der Waals surface area (Å²) in [6.45, 7) is 0. The molecule has 0 aliphatic heterocycles. The molecule has 0 radical (unpaired) electrons. The molecule has 9 aromatic carbocycles. The first kappa shape index (κ1) is 24.5. The number of rotatable bonds is 2. The van der Waals surface area contributed by atoms with Crippen LogP contribution in [0.15, 0.2) is 164 Å². The Hall–Kier alpha value is -5.92. The standard InChI is InChI=1S/C44H27N/c1-3-13-36-34(11-1)35-12-2-4-14-37(35)42-27-40-29(26-41(36)42)10-9-17-33(40)30-21-20-28-22-23-32(25-31(28)24-30)45-43-18-7-5-15-38(43)39-16-6-8-19-44(39)45/h1-27H. The zero-order chi connectivity index (χ0) is 29.5. The topological polar surface area (TPSA) is 4.93 Å². The van der Waals surface area contributed by atoms with Crippen LogP contribution in [-0.4, -0.2) is 4.57 Å². The van der Waals surface area contributed by atoms with Gasteiger partial charge in [-0.3, -0.25) is 0 Å². The average molecular weight is 570 g/mol. The highest BCUT2D eigenvalue weighted by atomic mass is 15.0. The maximum Gasteiger partial charge on any atom is 0.0541 e. The van der Waals surface area contributed by atoms with E-state index in [0.717, 1.165) is 0 Å². The Balaban J connectivity index is 1.21. The molecule has 0 fully saturated rings. The molecule has 0 N–H and O–H groups in total. The lowest BCUT2D eigenvalue weighted by Gasteiger charge is -2.14. The Morgan fingerprint density at radius 1 is 0.289 bits per heavy atom. The Morgan fingerprint density at radius 3 is 1.51 bits per heavy atom. The second kappa shape index (κ2) is 9.29. The minimum absolute atomic E-state index is 1.18. The van der Waals surface area contributed by atoms with Gasteiger partial charge in [-0.25, -0.2) is 0 Å². The Labute approximate surface area is 260 Å². The van der Waals surface area contributed by atoms with Crippen LogP contribution in [0.1, 0.15) is 0 Å². The largest absolute Gasteiger partial charge is 0.309 e. The molecule has 1 heteroatoms. The molecule has 1 heterocycles. The van der Waals surface area contributed by atoms with Gasteiger partial charge in [-0.2, -0.15) is 0 Å². The first-order chi connectivity index (χ1) is 22.3. The van der Waals surface area contributed by atoms with Crippen molar-refractivity contribution in [1.82, 2.24) is 4.57 Å². The van der Waals surface area contributed by atoms with Gasteiger partial charge >= 0.3 is 0 Å². The Kier molecular flexibility index (Phi) is 5.06. The van der Waals surface area contributed by atoms with Gasteiger partial charge in [0.05, 0.1) is 11.0 Å². The predicted molar refractivity (Wildman–Crippen MR) is 194 cm³/mol. The summed E-state index contributed by atoms with van der Waals surface area (Å²) in [7, 11) is 0. The average Bonchev–Trinajstić information content (AvgIpc) is 3.45. The zero-order valence-electron chi connectivity index (χ0n) is 24.5. The molecule has 0 saturated heterocycles. The van der Waals surface area contributed by atoms with Crippen LogP contribution in [-0.2, 0) is 0 Å². The lowest BCUT2D eigenvalue weighted by atomic mass is 9.90. The Bertz CT molecular complexity index is 2760. The summed E-state index contributed by atoms with van der Waals surface area (Å²) in [5.74, 6) is 0. The molecular weight excluding hydrogens is 542 g/mol. The van der Waals surface area contributed by atoms with Crippen LogP contribution in [0.4, 0.5) is 0 Å². The van der Waals surface area contributed by atoms with Crippen molar-refractivity contribution in [1.29, 1.82) is 0 Å². The molecular formula is C44H27N. The highest BCUT2D eigenvalue weighted by molar-refractivity contribution is 6.27. The minimum Gasteiger partial charge on any atom is -0.309 e. The predicted octanol–water partition coefficient (Wildman–Crippen LogP) is 12.2. The summed E-state index contributed by atoms with van der Waals surface area (Å²) in [6, 6.07) is 60.4. The fourth-order valence-corrected chi connectivity index (χ4v) is 7.67. The van der Waals surface area contributed by atoms with Crippen LogP contribution in [0.3, 0.4) is 0 Å². The smallest absolute Gasteiger partial charge is 0.0541 e. The van der Waals surface area contributed by atoms with Crippen LogP contribution in [0.5, 0.6) is 0 Å². The van der Waals surface area contributed by atoms with Gasteiger partial charge in [0.15, 0.2) is 0 Å². The number of nitrogens with zero attached hydrogens (tertiary/aromatic N) is 1. The summed E-state index contributed by atoms with van der Waals surface area (Å²) in [5.41, 5.74) is 6.14. The first-order valence-electron chi connectivity index (χ1n) is 15.6. The fourth-order valence-electron chi connectivity index (χ4n) is 7.67. The molecule has 0 amide bonds. The van der Waals surface area contributed by atoms with Crippen LogP contribution in [0.2, 0.25) is 0 Å². The molecule has 0 bridgehead atoms. The van der Waals surface area contributed by atoms with Crippen molar-refractivity contribution in [2.24, 2.45) is 0 Å². The van der Waals surface area contributed by atoms with Crippen LogP contribution < -0.4 is 0 Å². The Morgan fingerprint density at radius 2 is 0.844 bits per heavy atom. The van der Waals surface area contributed by atoms with E-state index >= 15 is 0 Å². The summed E-state index contributed by atoms with van der Waals surface area (Å²) in [5, 5.41) is 15.4. The van der Waals surface area contributed by atoms with Gasteiger partial charge in [0.1, 0.15) is 0 Å². The first-order valence-corrected chi connectivity index (χ1v) is 15.6. The van der Waals surface area contributed by atoms with E-state index in [1.807, 2.05) is 0 Å². The molecule has 1 nitrogen and oxygen atoms in total.